The Morgan fingerprint density at radius 3 is 2.49 bits per heavy atom. The Morgan fingerprint density at radius 1 is 1.04 bits per heavy atom. The van der Waals surface area contributed by atoms with Gasteiger partial charge < -0.3 is 28.7 Å². The molecule has 2 saturated heterocycles. The van der Waals surface area contributed by atoms with E-state index < -0.39 is 22.5 Å². The van der Waals surface area contributed by atoms with Crippen molar-refractivity contribution in [3.63, 3.8) is 0 Å². The van der Waals surface area contributed by atoms with Crippen molar-refractivity contribution in [2.75, 3.05) is 25.1 Å². The van der Waals surface area contributed by atoms with Crippen molar-refractivity contribution in [2.45, 2.75) is 115 Å². The smallest absolute Gasteiger partial charge is 0.301 e. The molecule has 0 spiro atoms. The Kier molecular flexibility index (Phi) is 9.91. The van der Waals surface area contributed by atoms with Gasteiger partial charge in [0.1, 0.15) is 36.1 Å². The molecule has 0 bridgehead atoms. The van der Waals surface area contributed by atoms with Gasteiger partial charge in [0.2, 0.25) is 0 Å². The first kappa shape index (κ1) is 36.5. The average Bonchev–Trinajstić information content (AvgIpc) is 3.87. The summed E-state index contributed by atoms with van der Waals surface area (Å²) in [6, 6.07) is 6.44. The number of imidazole rings is 1. The number of H-pyrrole nitrogens is 1. The first-order chi connectivity index (χ1) is 24.1. The molecule has 51 heavy (non-hydrogen) atoms. The zero-order valence-electron chi connectivity index (χ0n) is 30.8. The number of aryl methyl sites for hydroxylation is 1. The Morgan fingerprint density at radius 2 is 1.78 bits per heavy atom. The van der Waals surface area contributed by atoms with Crippen molar-refractivity contribution >= 4 is 45.0 Å². The molecule has 5 heterocycles. The molecule has 0 saturated carbocycles. The fourth-order valence-corrected chi connectivity index (χ4v) is 9.04. The van der Waals surface area contributed by atoms with Crippen molar-refractivity contribution < 1.29 is 27.8 Å². The number of rotatable bonds is 12. The van der Waals surface area contributed by atoms with Crippen LogP contribution in [0.15, 0.2) is 30.6 Å². The molecule has 3 aliphatic rings. The lowest BCUT2D eigenvalue weighted by atomic mass is 10.0. The van der Waals surface area contributed by atoms with Crippen LogP contribution >= 0.6 is 11.6 Å². The highest BCUT2D eigenvalue weighted by molar-refractivity contribution is 6.76. The topological polar surface area (TPSA) is 118 Å². The fourth-order valence-electron chi connectivity index (χ4n) is 6.77. The number of ether oxygens (including phenoxy) is 4. The van der Waals surface area contributed by atoms with Crippen LogP contribution in [0.2, 0.25) is 48.8 Å². The first-order valence-corrected chi connectivity index (χ1v) is 24.9. The van der Waals surface area contributed by atoms with Crippen LogP contribution in [0.5, 0.6) is 6.01 Å². The van der Waals surface area contributed by atoms with Gasteiger partial charge in [0.15, 0.2) is 20.1 Å². The number of nitrogens with zero attached hydrogens (tertiary/aromatic N) is 4. The van der Waals surface area contributed by atoms with Crippen LogP contribution in [0, 0.1) is 5.82 Å². The molecule has 5 atom stereocenters. The Labute approximate surface area is 306 Å². The van der Waals surface area contributed by atoms with Gasteiger partial charge in [0.05, 0.1) is 36.6 Å². The van der Waals surface area contributed by atoms with Gasteiger partial charge >= 0.3 is 6.01 Å². The zero-order valence-corrected chi connectivity index (χ0v) is 33.6. The van der Waals surface area contributed by atoms with E-state index in [1.807, 2.05) is 10.6 Å². The maximum atomic E-state index is 15.6. The minimum Gasteiger partial charge on any atom is -0.456 e. The summed E-state index contributed by atoms with van der Waals surface area (Å²) in [7, 11) is -3.35. The summed E-state index contributed by atoms with van der Waals surface area (Å²) in [5, 5.41) is 10.7. The predicted molar refractivity (Wildman–Crippen MR) is 201 cm³/mol. The van der Waals surface area contributed by atoms with Crippen LogP contribution in [0.1, 0.15) is 44.4 Å². The molecule has 4 aromatic rings. The molecule has 0 unspecified atom stereocenters. The average molecular weight is 757 g/mol. The SMILES string of the molecule is CC(C)(C)[Si](C)(C)O[C@@H]1CO[C@H]2[C@@H]1OC[C@H]2Oc1nc2cc(Cl)c(N[C@H]3CCc4cc(-c5cn[nH]c5)cc(F)c43)nc2n1COCC[Si](C)(C)C. The lowest BCUT2D eigenvalue weighted by molar-refractivity contribution is 0.00687. The molecule has 1 aliphatic carbocycles. The van der Waals surface area contributed by atoms with Gasteiger partial charge in [-0.2, -0.15) is 10.1 Å². The third-order valence-corrected chi connectivity index (χ3v) is 17.2. The van der Waals surface area contributed by atoms with Gasteiger partial charge in [-0.1, -0.05) is 58.1 Å². The van der Waals surface area contributed by atoms with Crippen molar-refractivity contribution in [3.05, 3.63) is 52.6 Å². The number of pyridine rings is 1. The van der Waals surface area contributed by atoms with Crippen LogP contribution in [0.3, 0.4) is 0 Å². The number of anilines is 1. The van der Waals surface area contributed by atoms with E-state index >= 15 is 4.39 Å². The molecule has 11 nitrogen and oxygen atoms in total. The maximum Gasteiger partial charge on any atom is 0.301 e. The third kappa shape index (κ3) is 7.51. The molecule has 276 valence electrons. The van der Waals surface area contributed by atoms with E-state index in [0.717, 1.165) is 29.2 Å². The number of halogens is 2. The monoisotopic (exact) mass is 756 g/mol. The molecule has 15 heteroatoms. The summed E-state index contributed by atoms with van der Waals surface area (Å²) < 4.78 is 49.5. The molecular weight excluding hydrogens is 707 g/mol. The number of fused-ring (bicyclic) bond motifs is 3. The number of hydrogen-bond acceptors (Lipinski definition) is 9. The highest BCUT2D eigenvalue weighted by Crippen LogP contribution is 2.42. The molecule has 2 fully saturated rings. The lowest BCUT2D eigenvalue weighted by Crippen LogP contribution is -2.47. The maximum absolute atomic E-state index is 15.6. The third-order valence-electron chi connectivity index (χ3n) is 10.7. The summed E-state index contributed by atoms with van der Waals surface area (Å²) >= 11 is 6.83. The van der Waals surface area contributed by atoms with Crippen molar-refractivity contribution in [3.8, 4) is 17.1 Å². The Hall–Kier alpha value is -2.86. The standard InChI is InChI=1S/C36H50ClFN6O5Si2/c1-36(2,3)51(7,8)49-29-19-47-31-28(18-46-32(29)31)48-35-42-27-15-24(37)33(43-34(27)44(35)20-45-11-12-50(4,5)6)41-26-10-9-21-13-22(14-25(38)30(21)26)23-16-39-40-17-23/h13-17,26,28-29,31-32H,9-12,18-20H2,1-8H3,(H,39,40)(H,41,43)/t26-,28+,29+,31+,32+/m0/s1. The van der Waals surface area contributed by atoms with Gasteiger partial charge in [-0.15, -0.1) is 0 Å². The van der Waals surface area contributed by atoms with E-state index in [9.17, 15) is 0 Å². The quantitative estimate of drug-likeness (QED) is 0.110. The summed E-state index contributed by atoms with van der Waals surface area (Å²) in [4.78, 5) is 9.79. The van der Waals surface area contributed by atoms with Gasteiger partial charge in [-0.3, -0.25) is 9.67 Å². The number of aromatic nitrogens is 5. The van der Waals surface area contributed by atoms with Crippen molar-refractivity contribution in [1.29, 1.82) is 0 Å². The number of aromatic amines is 1. The van der Waals surface area contributed by atoms with Crippen LogP contribution in [0.4, 0.5) is 10.2 Å². The summed E-state index contributed by atoms with van der Waals surface area (Å²) in [6.45, 7) is 19.8. The van der Waals surface area contributed by atoms with E-state index in [2.05, 4.69) is 69.0 Å². The second-order valence-corrected chi connectivity index (χ2v) is 27.5. The second kappa shape index (κ2) is 13.8. The molecule has 0 radical (unpaired) electrons. The molecule has 2 aliphatic heterocycles. The number of benzene rings is 1. The molecular formula is C36H50ClFN6O5Si2. The Balaban J connectivity index is 1.14. The number of nitrogens with one attached hydrogen (secondary N) is 2. The Bertz CT molecular complexity index is 1880. The van der Waals surface area contributed by atoms with Crippen LogP contribution in [0.25, 0.3) is 22.3 Å². The number of hydrogen-bond donors (Lipinski definition) is 2. The van der Waals surface area contributed by atoms with E-state index in [-0.39, 0.29) is 41.9 Å². The molecule has 2 N–H and O–H groups in total. The molecule has 7 rings (SSSR count). The van der Waals surface area contributed by atoms with E-state index in [1.165, 1.54) is 0 Å². The fraction of sp³-hybridized carbons (Fsp3) is 0.583. The van der Waals surface area contributed by atoms with Crippen LogP contribution in [-0.2, 0) is 31.8 Å². The molecule has 0 amide bonds. The zero-order chi connectivity index (χ0) is 36.3. The second-order valence-electron chi connectivity index (χ2n) is 16.8. The van der Waals surface area contributed by atoms with Crippen molar-refractivity contribution in [1.82, 2.24) is 24.7 Å². The largest absolute Gasteiger partial charge is 0.456 e. The summed E-state index contributed by atoms with van der Waals surface area (Å²) in [5.74, 6) is 0.180. The van der Waals surface area contributed by atoms with Crippen LogP contribution < -0.4 is 10.1 Å². The van der Waals surface area contributed by atoms with Gasteiger partial charge in [0, 0.05) is 32.0 Å². The van der Waals surface area contributed by atoms with E-state index in [0.29, 0.717) is 59.8 Å². The van der Waals surface area contributed by atoms with Gasteiger partial charge in [-0.25, -0.2) is 9.37 Å². The van der Waals surface area contributed by atoms with E-state index in [4.69, 9.17) is 44.9 Å². The summed E-state index contributed by atoms with van der Waals surface area (Å²) in [5.41, 5.74) is 4.36. The first-order valence-electron chi connectivity index (χ1n) is 17.9. The highest BCUT2D eigenvalue weighted by atomic mass is 35.5. The lowest BCUT2D eigenvalue weighted by Gasteiger charge is -2.39. The molecule has 3 aromatic heterocycles. The van der Waals surface area contributed by atoms with E-state index in [1.54, 1.807) is 24.5 Å². The minimum absolute atomic E-state index is 0.0709. The highest BCUT2D eigenvalue weighted by Gasteiger charge is 2.52. The molecule has 1 aromatic carbocycles. The van der Waals surface area contributed by atoms with Gasteiger partial charge in [0.25, 0.3) is 0 Å². The predicted octanol–water partition coefficient (Wildman–Crippen LogP) is 7.96. The summed E-state index contributed by atoms with van der Waals surface area (Å²) in [6.07, 6.45) is 3.84. The normalized spacial score (nSPS) is 23.6. The van der Waals surface area contributed by atoms with Crippen molar-refractivity contribution in [2.24, 2.45) is 0 Å². The minimum atomic E-state index is -2.03. The van der Waals surface area contributed by atoms with Gasteiger partial charge in [-0.05, 0) is 60.3 Å². The van der Waals surface area contributed by atoms with Crippen LogP contribution in [-0.4, -0.2) is 85.4 Å².